The number of anilines is 3. The summed E-state index contributed by atoms with van der Waals surface area (Å²) in [5.41, 5.74) is 24.0. The van der Waals surface area contributed by atoms with Gasteiger partial charge in [-0.05, 0) is 0 Å². The van der Waals surface area contributed by atoms with E-state index in [0.717, 1.165) is 0 Å². The second-order valence-electron chi connectivity index (χ2n) is 18.8. The van der Waals surface area contributed by atoms with Gasteiger partial charge in [0.25, 0.3) is 0 Å². The zero-order valence-electron chi connectivity index (χ0n) is 37.9. The number of benzene rings is 10. The molecule has 0 saturated heterocycles. The fourth-order valence-electron chi connectivity index (χ4n) is 10.4. The molecule has 318 valence electrons. The van der Waals surface area contributed by atoms with Gasteiger partial charge in [-0.3, -0.25) is 0 Å². The SMILES string of the molecule is CC(C)(C)c1ccc(-c2cc3c4c(c2)N(c2c(-c5ccccc5)cccc2-c2ccccc2)c2ccc(-c5ccccc5)cc2B4c2cc(-c4ccccc4)ccc2[Te]3)c(-c2ccccc2)c1. The van der Waals surface area contributed by atoms with Crippen molar-refractivity contribution >= 4 is 68.3 Å². The molecular weight excluding hydrogens is 921 g/mol. The first kappa shape index (κ1) is 41.3. The normalized spacial score (nSPS) is 12.6. The van der Waals surface area contributed by atoms with Crippen molar-refractivity contribution in [1.29, 1.82) is 0 Å². The molecule has 2 aliphatic rings. The van der Waals surface area contributed by atoms with Crippen LogP contribution in [0.1, 0.15) is 26.3 Å². The first-order valence-corrected chi connectivity index (χ1v) is 25.7. The van der Waals surface area contributed by atoms with Gasteiger partial charge >= 0.3 is 408 Å². The molecule has 0 atom stereocenters. The van der Waals surface area contributed by atoms with E-state index >= 15 is 0 Å². The molecule has 0 bridgehead atoms. The zero-order chi connectivity index (χ0) is 45.1. The van der Waals surface area contributed by atoms with Crippen LogP contribution in [0.3, 0.4) is 0 Å². The zero-order valence-corrected chi connectivity index (χ0v) is 40.3. The Hall–Kier alpha value is -7.15. The molecule has 0 aromatic heterocycles. The van der Waals surface area contributed by atoms with Crippen molar-refractivity contribution < 1.29 is 0 Å². The third-order valence-electron chi connectivity index (χ3n) is 13.7. The molecule has 67 heavy (non-hydrogen) atoms. The molecule has 10 aromatic rings. The molecule has 2 heterocycles. The Labute approximate surface area is 405 Å². The van der Waals surface area contributed by atoms with Crippen molar-refractivity contribution in [3.8, 4) is 66.8 Å². The number of hydrogen-bond acceptors (Lipinski definition) is 1. The van der Waals surface area contributed by atoms with Crippen LogP contribution in [0, 0.1) is 0 Å². The summed E-state index contributed by atoms with van der Waals surface area (Å²) < 4.78 is 3.01. The first-order valence-electron chi connectivity index (χ1n) is 23.4. The van der Waals surface area contributed by atoms with Gasteiger partial charge in [0.05, 0.1) is 0 Å². The van der Waals surface area contributed by atoms with E-state index in [1.807, 2.05) is 0 Å². The second kappa shape index (κ2) is 16.9. The summed E-state index contributed by atoms with van der Waals surface area (Å²) in [6, 6.07) is 88.7. The molecule has 1 nitrogen and oxygen atoms in total. The summed E-state index contributed by atoms with van der Waals surface area (Å²) in [6.45, 7) is 6.99. The quantitative estimate of drug-likeness (QED) is 0.144. The second-order valence-corrected chi connectivity index (χ2v) is 21.9. The van der Waals surface area contributed by atoms with E-state index in [9.17, 15) is 0 Å². The van der Waals surface area contributed by atoms with Crippen LogP contribution in [-0.2, 0) is 5.41 Å². The Morgan fingerprint density at radius 2 is 0.851 bits per heavy atom. The molecule has 0 amide bonds. The monoisotopic (exact) mass is 971 g/mol. The van der Waals surface area contributed by atoms with Gasteiger partial charge in [-0.15, -0.1) is 0 Å². The topological polar surface area (TPSA) is 3.24 Å². The maximum absolute atomic E-state index is 2.67. The maximum atomic E-state index is 2.67. The van der Waals surface area contributed by atoms with Crippen LogP contribution in [0.2, 0.25) is 0 Å². The molecule has 12 rings (SSSR count). The average Bonchev–Trinajstić information content (AvgIpc) is 3.39. The summed E-state index contributed by atoms with van der Waals surface area (Å²) in [7, 11) is 0. The van der Waals surface area contributed by atoms with Crippen LogP contribution in [0.15, 0.2) is 237 Å². The van der Waals surface area contributed by atoms with Crippen molar-refractivity contribution in [3.63, 3.8) is 0 Å². The van der Waals surface area contributed by atoms with E-state index in [0.29, 0.717) is 0 Å². The fraction of sp³-hybridized carbons (Fsp3) is 0.0625. The molecule has 0 unspecified atom stereocenters. The Bertz CT molecular complexity index is 3390. The molecule has 0 aliphatic carbocycles. The standard InChI is InChI=1S/C64H48BNTe/c1-64(2,3)51-34-35-52(55(42-51)47-28-17-8-18-29-47)50-40-59-62-61(41-50)67-60-37-33-49(44-22-11-5-12-23-44)39-57(60)65(62)56-38-48(43-20-9-4-10-21-43)32-36-58(56)66(59)63-53(45-24-13-6-14-25-45)30-19-31-54(63)46-26-15-7-16-27-46/h4-42H,1-3H3. The van der Waals surface area contributed by atoms with E-state index < -0.39 is 20.9 Å². The molecule has 2 aliphatic heterocycles. The van der Waals surface area contributed by atoms with E-state index in [4.69, 9.17) is 0 Å². The summed E-state index contributed by atoms with van der Waals surface area (Å²) in [5, 5.41) is 0. The van der Waals surface area contributed by atoms with Gasteiger partial charge in [0.1, 0.15) is 0 Å². The number of rotatable bonds is 7. The van der Waals surface area contributed by atoms with Crippen molar-refractivity contribution in [1.82, 2.24) is 0 Å². The molecule has 3 heteroatoms. The van der Waals surface area contributed by atoms with Crippen LogP contribution < -0.4 is 28.5 Å². The summed E-state index contributed by atoms with van der Waals surface area (Å²) in [6.07, 6.45) is 0. The summed E-state index contributed by atoms with van der Waals surface area (Å²) >= 11 is -0.846. The predicted octanol–water partition coefficient (Wildman–Crippen LogP) is 13.3. The number of para-hydroxylation sites is 1. The van der Waals surface area contributed by atoms with E-state index in [-0.39, 0.29) is 12.1 Å². The van der Waals surface area contributed by atoms with Crippen LogP contribution in [0.4, 0.5) is 17.1 Å². The van der Waals surface area contributed by atoms with Crippen molar-refractivity contribution in [2.75, 3.05) is 4.90 Å². The first-order chi connectivity index (χ1) is 32.9. The van der Waals surface area contributed by atoms with E-state index in [2.05, 4.69) is 262 Å². The third-order valence-corrected chi connectivity index (χ3v) is 17.0. The van der Waals surface area contributed by atoms with Crippen molar-refractivity contribution in [2.45, 2.75) is 26.2 Å². The van der Waals surface area contributed by atoms with Crippen molar-refractivity contribution in [3.05, 3.63) is 242 Å². The Morgan fingerprint density at radius 1 is 0.343 bits per heavy atom. The van der Waals surface area contributed by atoms with Crippen LogP contribution >= 0.6 is 0 Å². The van der Waals surface area contributed by atoms with E-state index in [1.165, 1.54) is 113 Å². The molecule has 0 spiro atoms. The molecule has 0 N–H and O–H groups in total. The molecule has 10 aromatic carbocycles. The fourth-order valence-corrected chi connectivity index (χ4v) is 13.8. The number of nitrogens with zero attached hydrogens (tertiary/aromatic N) is 1. The van der Waals surface area contributed by atoms with Gasteiger partial charge in [-0.1, -0.05) is 0 Å². The average molecular weight is 970 g/mol. The molecule has 0 saturated carbocycles. The van der Waals surface area contributed by atoms with Gasteiger partial charge in [0, 0.05) is 0 Å². The molecular formula is C64H48BNTe. The summed E-state index contributed by atoms with van der Waals surface area (Å²) in [5.74, 6) is 0. The summed E-state index contributed by atoms with van der Waals surface area (Å²) in [4.78, 5) is 2.67. The third kappa shape index (κ3) is 7.44. The Balaban J connectivity index is 1.20. The Morgan fingerprint density at radius 3 is 1.40 bits per heavy atom. The minimum atomic E-state index is -0.846. The molecule has 0 radical (unpaired) electrons. The van der Waals surface area contributed by atoms with Gasteiger partial charge in [0.15, 0.2) is 0 Å². The van der Waals surface area contributed by atoms with Crippen LogP contribution in [-0.4, -0.2) is 27.6 Å². The number of hydrogen-bond donors (Lipinski definition) is 0. The van der Waals surface area contributed by atoms with Crippen LogP contribution in [0.5, 0.6) is 0 Å². The Kier molecular flexibility index (Phi) is 10.4. The van der Waals surface area contributed by atoms with Crippen LogP contribution in [0.25, 0.3) is 66.8 Å². The number of fused-ring (bicyclic) bond motifs is 4. The molecule has 0 fully saturated rings. The van der Waals surface area contributed by atoms with Gasteiger partial charge < -0.3 is 0 Å². The van der Waals surface area contributed by atoms with Gasteiger partial charge in [-0.25, -0.2) is 0 Å². The van der Waals surface area contributed by atoms with Gasteiger partial charge in [0.2, 0.25) is 0 Å². The van der Waals surface area contributed by atoms with Gasteiger partial charge in [-0.2, -0.15) is 0 Å². The minimum absolute atomic E-state index is 0.0000135. The van der Waals surface area contributed by atoms with Crippen molar-refractivity contribution in [2.24, 2.45) is 0 Å². The van der Waals surface area contributed by atoms with E-state index in [1.54, 1.807) is 0 Å². The predicted molar refractivity (Wildman–Crippen MR) is 289 cm³/mol.